The molecular formula is C26H23N5O3. The largest absolute Gasteiger partial charge is 0.497 e. The Labute approximate surface area is 196 Å². The number of pyridine rings is 1. The lowest BCUT2D eigenvalue weighted by Crippen LogP contribution is -2.33. The van der Waals surface area contributed by atoms with Crippen LogP contribution in [-0.2, 0) is 4.79 Å². The Morgan fingerprint density at radius 2 is 1.85 bits per heavy atom. The van der Waals surface area contributed by atoms with Crippen LogP contribution in [0.15, 0.2) is 66.5 Å². The molecule has 0 bridgehead atoms. The Kier molecular flexibility index (Phi) is 4.52. The average Bonchev–Trinajstić information content (AvgIpc) is 3.27. The molecule has 1 aliphatic carbocycles. The first-order valence-corrected chi connectivity index (χ1v) is 11.2. The number of fused-ring (bicyclic) bond motifs is 3. The second-order valence-corrected chi connectivity index (χ2v) is 9.49. The maximum atomic E-state index is 13.5. The molecule has 0 radical (unpaired) electrons. The molecule has 6 rings (SSSR count). The molecule has 34 heavy (non-hydrogen) atoms. The van der Waals surface area contributed by atoms with Gasteiger partial charge in [-0.05, 0) is 35.2 Å². The molecule has 8 nitrogen and oxygen atoms in total. The molecule has 3 aromatic heterocycles. The van der Waals surface area contributed by atoms with E-state index in [4.69, 9.17) is 14.5 Å². The van der Waals surface area contributed by atoms with E-state index >= 15 is 0 Å². The van der Waals surface area contributed by atoms with Crippen LogP contribution in [0, 0.1) is 5.41 Å². The van der Waals surface area contributed by atoms with Crippen LogP contribution in [0.1, 0.15) is 43.7 Å². The number of benzene rings is 1. The molecule has 8 heteroatoms. The van der Waals surface area contributed by atoms with Crippen molar-refractivity contribution in [1.29, 1.82) is 0 Å². The molecular weight excluding hydrogens is 430 g/mol. The van der Waals surface area contributed by atoms with Crippen LogP contribution in [0.25, 0.3) is 17.0 Å². The van der Waals surface area contributed by atoms with Gasteiger partial charge >= 0.3 is 0 Å². The minimum absolute atomic E-state index is 0.0913. The highest BCUT2D eigenvalue weighted by Gasteiger charge is 2.44. The topological polar surface area (TPSA) is 91.5 Å². The second-order valence-electron chi connectivity index (χ2n) is 9.49. The van der Waals surface area contributed by atoms with E-state index in [1.165, 1.54) is 0 Å². The van der Waals surface area contributed by atoms with E-state index in [1.807, 2.05) is 36.4 Å². The van der Waals surface area contributed by atoms with Gasteiger partial charge in [-0.2, -0.15) is 0 Å². The molecule has 170 valence electrons. The summed E-state index contributed by atoms with van der Waals surface area (Å²) in [5, 5.41) is 4.63. The van der Waals surface area contributed by atoms with Crippen molar-refractivity contribution in [2.45, 2.75) is 32.6 Å². The van der Waals surface area contributed by atoms with Gasteiger partial charge in [0.2, 0.25) is 5.88 Å². The Morgan fingerprint density at radius 3 is 2.59 bits per heavy atom. The van der Waals surface area contributed by atoms with Gasteiger partial charge in [-0.3, -0.25) is 9.78 Å². The van der Waals surface area contributed by atoms with Crippen LogP contribution in [0.2, 0.25) is 0 Å². The van der Waals surface area contributed by atoms with E-state index in [2.05, 4.69) is 28.9 Å². The highest BCUT2D eigenvalue weighted by Crippen LogP contribution is 2.50. The summed E-state index contributed by atoms with van der Waals surface area (Å²) < 4.78 is 13.3. The molecule has 0 saturated carbocycles. The fourth-order valence-electron chi connectivity index (χ4n) is 4.90. The summed E-state index contributed by atoms with van der Waals surface area (Å²) in [6.07, 6.45) is 6.15. The Morgan fingerprint density at radius 1 is 1.09 bits per heavy atom. The Bertz CT molecular complexity index is 1460. The summed E-state index contributed by atoms with van der Waals surface area (Å²) in [6, 6.07) is 11.5. The van der Waals surface area contributed by atoms with Gasteiger partial charge in [-0.25, -0.2) is 14.5 Å². The van der Waals surface area contributed by atoms with Gasteiger partial charge in [-0.1, -0.05) is 26.0 Å². The smallest absolute Gasteiger partial charge is 0.228 e. The highest BCUT2D eigenvalue weighted by atomic mass is 16.5. The van der Waals surface area contributed by atoms with Gasteiger partial charge in [-0.15, -0.1) is 5.10 Å². The molecule has 0 N–H and O–H groups in total. The monoisotopic (exact) mass is 453 g/mol. The molecule has 4 heterocycles. The Balaban J connectivity index is 1.59. The van der Waals surface area contributed by atoms with Gasteiger partial charge < -0.3 is 9.47 Å². The van der Waals surface area contributed by atoms with Crippen LogP contribution >= 0.6 is 0 Å². The summed E-state index contributed by atoms with van der Waals surface area (Å²) in [5.74, 6) is 2.20. The standard InChI is InChI=1S/C26H23N5O3/c1-26(2)12-18(32)21-19(13-26)34-25-22(20(21)15-4-6-17(33-3)7-5-15)24-29-23(30-31(24)14-28-25)16-8-10-27-11-9-16/h4-11,14,20H,12-13H2,1-3H3. The molecule has 0 fully saturated rings. The first kappa shape index (κ1) is 20.5. The number of carbonyl (C=O) groups is 1. The number of carbonyl (C=O) groups excluding carboxylic acids is 1. The van der Waals surface area contributed by atoms with Crippen LogP contribution in [0.4, 0.5) is 0 Å². The second kappa shape index (κ2) is 7.48. The fourth-order valence-corrected chi connectivity index (χ4v) is 4.90. The fraction of sp³-hybridized carbons (Fsp3) is 0.269. The van der Waals surface area contributed by atoms with E-state index in [1.54, 1.807) is 30.3 Å². The zero-order valence-electron chi connectivity index (χ0n) is 19.1. The normalized spacial score (nSPS) is 18.9. The quantitative estimate of drug-likeness (QED) is 0.455. The summed E-state index contributed by atoms with van der Waals surface area (Å²) >= 11 is 0. The maximum Gasteiger partial charge on any atom is 0.228 e. The molecule has 0 saturated heterocycles. The summed E-state index contributed by atoms with van der Waals surface area (Å²) in [7, 11) is 1.64. The molecule has 0 spiro atoms. The summed E-state index contributed by atoms with van der Waals surface area (Å²) in [5.41, 5.74) is 3.66. The molecule has 1 aliphatic heterocycles. The van der Waals surface area contributed by atoms with Crippen LogP contribution in [-0.4, -0.2) is 37.5 Å². The van der Waals surface area contributed by atoms with Crippen LogP contribution in [0.5, 0.6) is 11.6 Å². The van der Waals surface area contributed by atoms with Crippen molar-refractivity contribution < 1.29 is 14.3 Å². The van der Waals surface area contributed by atoms with Gasteiger partial charge in [0, 0.05) is 42.3 Å². The lowest BCUT2D eigenvalue weighted by molar-refractivity contribution is -0.118. The SMILES string of the molecule is COc1ccc(C2C3=C(CC(C)(C)CC3=O)Oc3ncn4nc(-c5ccncc5)nc4c32)cc1. The van der Waals surface area contributed by atoms with Crippen molar-refractivity contribution in [2.24, 2.45) is 5.41 Å². The summed E-state index contributed by atoms with van der Waals surface area (Å²) in [6.45, 7) is 4.18. The van der Waals surface area contributed by atoms with E-state index < -0.39 is 0 Å². The minimum atomic E-state index is -0.362. The molecule has 4 aromatic rings. The molecule has 0 amide bonds. The van der Waals surface area contributed by atoms with E-state index in [9.17, 15) is 4.79 Å². The van der Waals surface area contributed by atoms with Crippen molar-refractivity contribution >= 4 is 11.4 Å². The van der Waals surface area contributed by atoms with Gasteiger partial charge in [0.1, 0.15) is 17.8 Å². The first-order valence-electron chi connectivity index (χ1n) is 11.2. The summed E-state index contributed by atoms with van der Waals surface area (Å²) in [4.78, 5) is 27.0. The maximum absolute atomic E-state index is 13.5. The third-order valence-corrected chi connectivity index (χ3v) is 6.45. The van der Waals surface area contributed by atoms with E-state index in [0.29, 0.717) is 41.5 Å². The number of Topliss-reactive ketones (excluding diaryl/α,β-unsaturated/α-hetero) is 1. The number of nitrogens with zero attached hydrogens (tertiary/aromatic N) is 5. The zero-order valence-corrected chi connectivity index (χ0v) is 19.1. The molecule has 1 atom stereocenters. The van der Waals surface area contributed by atoms with Crippen molar-refractivity contribution in [3.8, 4) is 23.0 Å². The number of hydrogen-bond donors (Lipinski definition) is 0. The highest BCUT2D eigenvalue weighted by molar-refractivity contribution is 6.00. The van der Waals surface area contributed by atoms with E-state index in [0.717, 1.165) is 22.4 Å². The molecule has 1 aromatic carbocycles. The van der Waals surface area contributed by atoms with Gasteiger partial charge in [0.05, 0.1) is 12.7 Å². The van der Waals surface area contributed by atoms with Gasteiger partial charge in [0.25, 0.3) is 0 Å². The number of ketones is 1. The van der Waals surface area contributed by atoms with Crippen molar-refractivity contribution in [2.75, 3.05) is 7.11 Å². The lowest BCUT2D eigenvalue weighted by atomic mass is 9.70. The third kappa shape index (κ3) is 3.25. The zero-order chi connectivity index (χ0) is 23.4. The van der Waals surface area contributed by atoms with Crippen molar-refractivity contribution in [3.05, 3.63) is 77.6 Å². The van der Waals surface area contributed by atoms with Crippen molar-refractivity contribution in [1.82, 2.24) is 24.6 Å². The average molecular weight is 454 g/mol. The van der Waals surface area contributed by atoms with Crippen LogP contribution < -0.4 is 9.47 Å². The molecule has 2 aliphatic rings. The number of aromatic nitrogens is 5. The minimum Gasteiger partial charge on any atom is -0.497 e. The predicted molar refractivity (Wildman–Crippen MR) is 125 cm³/mol. The number of ether oxygens (including phenoxy) is 2. The number of allylic oxidation sites excluding steroid dienone is 2. The number of methoxy groups -OCH3 is 1. The van der Waals surface area contributed by atoms with Crippen LogP contribution in [0.3, 0.4) is 0 Å². The predicted octanol–water partition coefficient (Wildman–Crippen LogP) is 4.36. The van der Waals surface area contributed by atoms with E-state index in [-0.39, 0.29) is 17.1 Å². The number of hydrogen-bond acceptors (Lipinski definition) is 7. The van der Waals surface area contributed by atoms with Gasteiger partial charge in [0.15, 0.2) is 17.3 Å². The molecule has 1 unspecified atom stereocenters. The Hall–Kier alpha value is -4.07. The number of rotatable bonds is 3. The third-order valence-electron chi connectivity index (χ3n) is 6.45. The van der Waals surface area contributed by atoms with Crippen molar-refractivity contribution in [3.63, 3.8) is 0 Å². The first-order chi connectivity index (χ1) is 16.4. The lowest BCUT2D eigenvalue weighted by Gasteiger charge is -2.37.